The lowest BCUT2D eigenvalue weighted by Crippen LogP contribution is -2.42. The van der Waals surface area contributed by atoms with E-state index in [1.807, 2.05) is 18.2 Å². The van der Waals surface area contributed by atoms with E-state index in [1.165, 1.54) is 22.8 Å². The Balaban J connectivity index is 0.000000384. The average Bonchev–Trinajstić information content (AvgIpc) is 3.42. The van der Waals surface area contributed by atoms with Gasteiger partial charge in [0.05, 0.1) is 36.9 Å². The molecule has 13 nitrogen and oxygen atoms in total. The van der Waals surface area contributed by atoms with Gasteiger partial charge >= 0.3 is 24.3 Å². The fourth-order valence-corrected chi connectivity index (χ4v) is 4.73. The van der Waals surface area contributed by atoms with E-state index in [0.717, 1.165) is 11.4 Å². The van der Waals surface area contributed by atoms with Crippen molar-refractivity contribution in [3.63, 3.8) is 0 Å². The van der Waals surface area contributed by atoms with Crippen molar-refractivity contribution < 1.29 is 59.4 Å². The Morgan fingerprint density at radius 2 is 1.56 bits per heavy atom. The molecule has 1 atom stereocenters. The van der Waals surface area contributed by atoms with Crippen LogP contribution in [0.4, 0.5) is 26.3 Å². The monoisotopic (exact) mass is 640 g/mol. The van der Waals surface area contributed by atoms with E-state index in [0.29, 0.717) is 6.54 Å². The summed E-state index contributed by atoms with van der Waals surface area (Å²) in [5.41, 5.74) is 1.50. The number of amides is 1. The fraction of sp³-hybridized carbons (Fsp3) is 0.304. The number of carboxylic acid groups (broad SMARTS) is 2. The smallest absolute Gasteiger partial charge is 0.475 e. The first-order chi connectivity index (χ1) is 19.9. The van der Waals surface area contributed by atoms with Crippen molar-refractivity contribution in [1.29, 1.82) is 0 Å². The topological polar surface area (TPSA) is 185 Å². The highest BCUT2D eigenvalue weighted by molar-refractivity contribution is 7.89. The summed E-state index contributed by atoms with van der Waals surface area (Å²) < 4.78 is 92.6. The molecule has 20 heteroatoms. The zero-order valence-corrected chi connectivity index (χ0v) is 22.3. The van der Waals surface area contributed by atoms with Gasteiger partial charge in [-0.1, -0.05) is 6.07 Å². The summed E-state index contributed by atoms with van der Waals surface area (Å²) >= 11 is 0. The Morgan fingerprint density at radius 1 is 0.930 bits per heavy atom. The van der Waals surface area contributed by atoms with Crippen molar-refractivity contribution in [3.8, 4) is 0 Å². The van der Waals surface area contributed by atoms with Crippen LogP contribution in [0.2, 0.25) is 0 Å². The molecule has 0 saturated heterocycles. The van der Waals surface area contributed by atoms with Gasteiger partial charge in [-0.3, -0.25) is 19.4 Å². The van der Waals surface area contributed by atoms with Gasteiger partial charge in [0.15, 0.2) is 0 Å². The van der Waals surface area contributed by atoms with Crippen LogP contribution in [-0.2, 0) is 37.5 Å². The lowest BCUT2D eigenvalue weighted by molar-refractivity contribution is -0.193. The second-order valence-electron chi connectivity index (χ2n) is 8.31. The number of nitrogens with one attached hydrogen (secondary N) is 1. The van der Waals surface area contributed by atoms with Gasteiger partial charge in [-0.15, -0.1) is 0 Å². The normalized spacial score (nSPS) is 15.1. The molecule has 1 unspecified atom stereocenters. The van der Waals surface area contributed by atoms with E-state index in [-0.39, 0.29) is 30.3 Å². The van der Waals surface area contributed by atoms with Crippen molar-refractivity contribution in [2.24, 2.45) is 0 Å². The molecule has 0 fully saturated rings. The minimum atomic E-state index is -5.08. The lowest BCUT2D eigenvalue weighted by atomic mass is 10.1. The molecule has 0 spiro atoms. The zero-order valence-electron chi connectivity index (χ0n) is 21.5. The maximum absolute atomic E-state index is 13.0. The molecular weight excluding hydrogens is 618 g/mol. The molecule has 234 valence electrons. The quantitative estimate of drug-likeness (QED) is 0.338. The fourth-order valence-electron chi connectivity index (χ4n) is 3.31. The van der Waals surface area contributed by atoms with E-state index in [1.54, 1.807) is 29.2 Å². The van der Waals surface area contributed by atoms with Crippen molar-refractivity contribution in [1.82, 2.24) is 29.4 Å². The Bertz CT molecular complexity index is 1460. The Labute approximate surface area is 238 Å². The number of nitrogens with zero attached hydrogens (tertiary/aromatic N) is 5. The third kappa shape index (κ3) is 10.6. The predicted molar refractivity (Wildman–Crippen MR) is 131 cm³/mol. The first-order valence-corrected chi connectivity index (χ1v) is 13.1. The van der Waals surface area contributed by atoms with Crippen LogP contribution < -0.4 is 5.32 Å². The van der Waals surface area contributed by atoms with Gasteiger partial charge in [-0.05, 0) is 30.3 Å². The van der Waals surface area contributed by atoms with Gasteiger partial charge in [-0.25, -0.2) is 18.0 Å². The number of carboxylic acids is 2. The van der Waals surface area contributed by atoms with Crippen LogP contribution in [0.3, 0.4) is 0 Å². The van der Waals surface area contributed by atoms with E-state index in [2.05, 4.69) is 20.4 Å². The summed E-state index contributed by atoms with van der Waals surface area (Å²) in [5.74, 6) is -5.71. The number of pyridine rings is 2. The number of hydrogen-bond acceptors (Lipinski definition) is 8. The van der Waals surface area contributed by atoms with Crippen LogP contribution in [0.1, 0.15) is 23.9 Å². The molecule has 0 radical (unpaired) electrons. The zero-order chi connectivity index (χ0) is 32.4. The van der Waals surface area contributed by atoms with Gasteiger partial charge < -0.3 is 15.5 Å². The van der Waals surface area contributed by atoms with Gasteiger partial charge in [0.2, 0.25) is 15.9 Å². The van der Waals surface area contributed by atoms with E-state index in [4.69, 9.17) is 19.8 Å². The molecule has 3 N–H and O–H groups in total. The standard InChI is InChI=1S/C19H20N6O3S.2C2HF3O2/c26-19(22-11-15-4-1-2-8-21-15)10-17-14-24(13-16-6-9-23-25(16)17)29(27,28)18-5-3-7-20-12-18;2*3-2(4,5)1(6)7/h1-9,12,17H,10-11,13-14H2,(H,22,26);2*(H,6,7). The van der Waals surface area contributed by atoms with Gasteiger partial charge in [0.1, 0.15) is 4.90 Å². The number of sulfonamides is 1. The van der Waals surface area contributed by atoms with E-state index in [9.17, 15) is 39.6 Å². The Morgan fingerprint density at radius 3 is 2.07 bits per heavy atom. The molecule has 3 aromatic rings. The van der Waals surface area contributed by atoms with Gasteiger partial charge in [0.25, 0.3) is 0 Å². The van der Waals surface area contributed by atoms with Crippen LogP contribution in [0.25, 0.3) is 0 Å². The molecule has 1 aliphatic rings. The second-order valence-corrected chi connectivity index (χ2v) is 10.3. The molecule has 1 amide bonds. The van der Waals surface area contributed by atoms with E-state index >= 15 is 0 Å². The molecule has 0 aliphatic carbocycles. The van der Waals surface area contributed by atoms with Crippen molar-refractivity contribution in [3.05, 3.63) is 72.6 Å². The average molecular weight is 641 g/mol. The van der Waals surface area contributed by atoms with Crippen LogP contribution in [-0.4, -0.2) is 79.4 Å². The van der Waals surface area contributed by atoms with Crippen molar-refractivity contribution >= 4 is 27.9 Å². The number of halogens is 6. The molecule has 3 aromatic heterocycles. The van der Waals surface area contributed by atoms with Gasteiger partial charge in [0, 0.05) is 31.3 Å². The number of fused-ring (bicyclic) bond motifs is 1. The van der Waals surface area contributed by atoms with Crippen molar-refractivity contribution in [2.75, 3.05) is 6.54 Å². The molecule has 0 bridgehead atoms. The summed E-state index contributed by atoms with van der Waals surface area (Å²) in [6, 6.07) is 9.96. The Kier molecular flexibility index (Phi) is 11.7. The van der Waals surface area contributed by atoms with Crippen LogP contribution in [0, 0.1) is 0 Å². The highest BCUT2D eigenvalue weighted by atomic mass is 32.2. The third-order valence-corrected chi connectivity index (χ3v) is 7.02. The summed E-state index contributed by atoms with van der Waals surface area (Å²) in [6.07, 6.45) is -3.91. The number of rotatable bonds is 6. The number of carbonyl (C=O) groups excluding carboxylic acids is 1. The number of aliphatic carboxylic acids is 2. The highest BCUT2D eigenvalue weighted by Gasteiger charge is 2.39. The molecule has 0 saturated carbocycles. The first kappa shape index (κ1) is 34.6. The maximum Gasteiger partial charge on any atom is 0.490 e. The van der Waals surface area contributed by atoms with Crippen molar-refractivity contribution in [2.45, 2.75) is 42.8 Å². The summed E-state index contributed by atoms with van der Waals surface area (Å²) in [5, 5.41) is 21.4. The van der Waals surface area contributed by atoms with Crippen LogP contribution >= 0.6 is 0 Å². The maximum atomic E-state index is 13.0. The molecular formula is C23H22F6N6O7S. The predicted octanol–water partition coefficient (Wildman–Crippen LogP) is 2.39. The summed E-state index contributed by atoms with van der Waals surface area (Å²) in [6.45, 7) is 0.669. The number of aromatic nitrogens is 4. The van der Waals surface area contributed by atoms with Crippen LogP contribution in [0.5, 0.6) is 0 Å². The molecule has 43 heavy (non-hydrogen) atoms. The number of alkyl halides is 6. The largest absolute Gasteiger partial charge is 0.490 e. The van der Waals surface area contributed by atoms with Crippen LogP contribution in [0.15, 0.2) is 66.1 Å². The number of carbonyl (C=O) groups is 3. The molecule has 4 rings (SSSR count). The summed E-state index contributed by atoms with van der Waals surface area (Å²) in [4.78, 5) is 38.5. The lowest BCUT2D eigenvalue weighted by Gasteiger charge is -2.32. The SMILES string of the molecule is O=C(CC1CN(S(=O)(=O)c2cccnc2)Cc2ccnn21)NCc1ccccn1.O=C(O)C(F)(F)F.O=C(O)C(F)(F)F. The molecule has 0 aromatic carbocycles. The second kappa shape index (κ2) is 14.5. The minimum Gasteiger partial charge on any atom is -0.475 e. The third-order valence-electron chi connectivity index (χ3n) is 5.22. The van der Waals surface area contributed by atoms with Gasteiger partial charge in [-0.2, -0.15) is 35.7 Å². The Hall–Kier alpha value is -4.59. The van der Waals surface area contributed by atoms with E-state index < -0.39 is 40.4 Å². The molecule has 4 heterocycles. The first-order valence-electron chi connectivity index (χ1n) is 11.6. The molecule has 1 aliphatic heterocycles. The summed E-state index contributed by atoms with van der Waals surface area (Å²) in [7, 11) is -3.72. The minimum absolute atomic E-state index is 0.112. The highest BCUT2D eigenvalue weighted by Crippen LogP contribution is 2.27. The number of hydrogen-bond donors (Lipinski definition) is 3.